The van der Waals surface area contributed by atoms with Gasteiger partial charge >= 0.3 is 0 Å². The number of amides is 1. The summed E-state index contributed by atoms with van der Waals surface area (Å²) < 4.78 is 0. The highest BCUT2D eigenvalue weighted by Crippen LogP contribution is 2.29. The van der Waals surface area contributed by atoms with Crippen LogP contribution in [0.4, 0.5) is 5.69 Å². The van der Waals surface area contributed by atoms with Gasteiger partial charge in [-0.2, -0.15) is 0 Å². The van der Waals surface area contributed by atoms with Gasteiger partial charge in [0.15, 0.2) is 0 Å². The third-order valence-electron chi connectivity index (χ3n) is 3.54. The van der Waals surface area contributed by atoms with Crippen LogP contribution in [0, 0.1) is 0 Å². The maximum atomic E-state index is 11.8. The van der Waals surface area contributed by atoms with Crippen LogP contribution in [0.15, 0.2) is 29.8 Å². The van der Waals surface area contributed by atoms with Crippen molar-refractivity contribution in [1.82, 2.24) is 5.32 Å². The van der Waals surface area contributed by atoms with E-state index in [1.54, 1.807) is 18.2 Å². The molecule has 2 N–H and O–H groups in total. The second-order valence-electron chi connectivity index (χ2n) is 5.16. The van der Waals surface area contributed by atoms with E-state index < -0.39 is 0 Å². The fourth-order valence-electron chi connectivity index (χ4n) is 2.39. The number of carbonyl (C=O) groups is 1. The van der Waals surface area contributed by atoms with Crippen LogP contribution < -0.4 is 10.6 Å². The molecule has 1 aromatic carbocycles. The summed E-state index contributed by atoms with van der Waals surface area (Å²) in [4.78, 5) is 11.8. The van der Waals surface area contributed by atoms with Crippen molar-refractivity contribution >= 4 is 34.8 Å². The third kappa shape index (κ3) is 5.25. The van der Waals surface area contributed by atoms with Crippen molar-refractivity contribution in [2.75, 3.05) is 18.4 Å². The minimum Gasteiger partial charge on any atom is -0.374 e. The topological polar surface area (TPSA) is 41.1 Å². The van der Waals surface area contributed by atoms with Crippen molar-refractivity contribution in [3.8, 4) is 0 Å². The first-order valence-corrected chi connectivity index (χ1v) is 8.05. The Kier molecular flexibility index (Phi) is 6.40. The molecule has 1 aromatic rings. The molecular formula is C16H20Cl2N2O. The van der Waals surface area contributed by atoms with E-state index in [0.29, 0.717) is 22.3 Å². The Hall–Kier alpha value is -1.19. The first kappa shape index (κ1) is 16.2. The van der Waals surface area contributed by atoms with E-state index in [4.69, 9.17) is 23.2 Å². The highest BCUT2D eigenvalue weighted by Gasteiger charge is 2.08. The van der Waals surface area contributed by atoms with Gasteiger partial charge in [0.2, 0.25) is 5.91 Å². The molecule has 1 aliphatic rings. The molecular weight excluding hydrogens is 307 g/mol. The molecule has 0 spiro atoms. The van der Waals surface area contributed by atoms with Crippen molar-refractivity contribution in [3.05, 3.63) is 39.9 Å². The van der Waals surface area contributed by atoms with E-state index in [1.165, 1.54) is 31.3 Å². The maximum absolute atomic E-state index is 11.8. The third-order valence-corrected chi connectivity index (χ3v) is 4.17. The Labute approximate surface area is 135 Å². The Morgan fingerprint density at radius 3 is 2.62 bits per heavy atom. The lowest BCUT2D eigenvalue weighted by molar-refractivity contribution is -0.119. The van der Waals surface area contributed by atoms with Gasteiger partial charge in [-0.05, 0) is 44.2 Å². The zero-order valence-electron chi connectivity index (χ0n) is 11.9. The molecule has 2 rings (SSSR count). The van der Waals surface area contributed by atoms with Crippen LogP contribution in [0.3, 0.4) is 0 Å². The van der Waals surface area contributed by atoms with Gasteiger partial charge in [0.1, 0.15) is 0 Å². The second kappa shape index (κ2) is 8.30. The molecule has 1 amide bonds. The van der Waals surface area contributed by atoms with Crippen LogP contribution in [0.25, 0.3) is 0 Å². The van der Waals surface area contributed by atoms with Crippen LogP contribution in [-0.4, -0.2) is 19.0 Å². The molecule has 0 saturated carbocycles. The molecule has 1 aliphatic carbocycles. The summed E-state index contributed by atoms with van der Waals surface area (Å²) in [6, 6.07) is 5.25. The predicted octanol–water partition coefficient (Wildman–Crippen LogP) is 4.41. The Morgan fingerprint density at radius 2 is 1.95 bits per heavy atom. The largest absolute Gasteiger partial charge is 0.374 e. The van der Waals surface area contributed by atoms with E-state index >= 15 is 0 Å². The number of hydrogen-bond acceptors (Lipinski definition) is 2. The normalized spacial score (nSPS) is 14.5. The standard InChI is InChI=1S/C16H20Cl2N2O/c17-13-7-4-8-14(18)16(13)20-11-15(21)19-10-9-12-5-2-1-3-6-12/h4-5,7-8,20H,1-3,6,9-11H2,(H,19,21). The fourth-order valence-corrected chi connectivity index (χ4v) is 2.92. The molecule has 0 fully saturated rings. The molecule has 0 bridgehead atoms. The van der Waals surface area contributed by atoms with Crippen LogP contribution in [0.1, 0.15) is 32.1 Å². The maximum Gasteiger partial charge on any atom is 0.239 e. The summed E-state index contributed by atoms with van der Waals surface area (Å²) in [5, 5.41) is 6.92. The average molecular weight is 327 g/mol. The SMILES string of the molecule is O=C(CNc1c(Cl)cccc1Cl)NCCC1=CCCCC1. The molecule has 0 atom stereocenters. The van der Waals surface area contributed by atoms with Gasteiger partial charge in [-0.1, -0.05) is 40.9 Å². The van der Waals surface area contributed by atoms with E-state index in [-0.39, 0.29) is 12.5 Å². The van der Waals surface area contributed by atoms with Gasteiger partial charge in [0, 0.05) is 6.54 Å². The zero-order chi connectivity index (χ0) is 15.1. The number of rotatable bonds is 6. The van der Waals surface area contributed by atoms with Gasteiger partial charge < -0.3 is 10.6 Å². The molecule has 0 radical (unpaired) electrons. The molecule has 0 unspecified atom stereocenters. The number of hydrogen-bond donors (Lipinski definition) is 2. The summed E-state index contributed by atoms with van der Waals surface area (Å²) in [5.74, 6) is -0.0533. The number of carbonyl (C=O) groups excluding carboxylic acids is 1. The summed E-state index contributed by atoms with van der Waals surface area (Å²) in [7, 11) is 0. The average Bonchev–Trinajstić information content (AvgIpc) is 2.48. The van der Waals surface area contributed by atoms with Gasteiger partial charge in [-0.25, -0.2) is 0 Å². The van der Waals surface area contributed by atoms with Crippen molar-refractivity contribution in [2.45, 2.75) is 32.1 Å². The van der Waals surface area contributed by atoms with Crippen molar-refractivity contribution in [1.29, 1.82) is 0 Å². The van der Waals surface area contributed by atoms with Gasteiger partial charge in [-0.15, -0.1) is 0 Å². The molecule has 114 valence electrons. The summed E-state index contributed by atoms with van der Waals surface area (Å²) in [5.41, 5.74) is 2.06. The monoisotopic (exact) mass is 326 g/mol. The van der Waals surface area contributed by atoms with Crippen molar-refractivity contribution in [2.24, 2.45) is 0 Å². The van der Waals surface area contributed by atoms with E-state index in [9.17, 15) is 4.79 Å². The summed E-state index contributed by atoms with van der Waals surface area (Å²) in [6.45, 7) is 0.852. The van der Waals surface area contributed by atoms with Crippen LogP contribution in [0.5, 0.6) is 0 Å². The number of halogens is 2. The molecule has 0 aliphatic heterocycles. The van der Waals surface area contributed by atoms with E-state index in [1.807, 2.05) is 0 Å². The van der Waals surface area contributed by atoms with Gasteiger partial charge in [0.25, 0.3) is 0 Å². The second-order valence-corrected chi connectivity index (χ2v) is 5.97. The smallest absolute Gasteiger partial charge is 0.239 e. The molecule has 21 heavy (non-hydrogen) atoms. The first-order chi connectivity index (χ1) is 10.2. The number of benzene rings is 1. The highest BCUT2D eigenvalue weighted by molar-refractivity contribution is 6.39. The van der Waals surface area contributed by atoms with Crippen LogP contribution in [0.2, 0.25) is 10.0 Å². The highest BCUT2D eigenvalue weighted by atomic mass is 35.5. The molecule has 5 heteroatoms. The first-order valence-electron chi connectivity index (χ1n) is 7.29. The van der Waals surface area contributed by atoms with E-state index in [0.717, 1.165) is 6.42 Å². The molecule has 0 heterocycles. The predicted molar refractivity (Wildman–Crippen MR) is 89.1 cm³/mol. The van der Waals surface area contributed by atoms with Gasteiger partial charge in [0.05, 0.1) is 22.3 Å². The molecule has 0 aromatic heterocycles. The van der Waals surface area contributed by atoms with Crippen molar-refractivity contribution < 1.29 is 4.79 Å². The van der Waals surface area contributed by atoms with Crippen LogP contribution in [-0.2, 0) is 4.79 Å². The zero-order valence-corrected chi connectivity index (χ0v) is 13.4. The van der Waals surface area contributed by atoms with Crippen molar-refractivity contribution in [3.63, 3.8) is 0 Å². The Bertz CT molecular complexity index is 509. The minimum absolute atomic E-state index is 0.0533. The summed E-state index contributed by atoms with van der Waals surface area (Å²) >= 11 is 12.1. The minimum atomic E-state index is -0.0533. The molecule has 0 saturated heterocycles. The molecule has 3 nitrogen and oxygen atoms in total. The lowest BCUT2D eigenvalue weighted by atomic mass is 9.97. The number of allylic oxidation sites excluding steroid dienone is 1. The Morgan fingerprint density at radius 1 is 1.19 bits per heavy atom. The van der Waals surface area contributed by atoms with E-state index in [2.05, 4.69) is 16.7 Å². The van der Waals surface area contributed by atoms with Gasteiger partial charge in [-0.3, -0.25) is 4.79 Å². The number of nitrogens with one attached hydrogen (secondary N) is 2. The fraction of sp³-hybridized carbons (Fsp3) is 0.438. The summed E-state index contributed by atoms with van der Waals surface area (Å²) in [6.07, 6.45) is 8.15. The quantitative estimate of drug-likeness (QED) is 0.760. The number of para-hydroxylation sites is 1. The lowest BCUT2D eigenvalue weighted by Crippen LogP contribution is -2.31. The number of anilines is 1. The lowest BCUT2D eigenvalue weighted by Gasteiger charge is -2.13. The Balaban J connectivity index is 1.71. The van der Waals surface area contributed by atoms with Crippen LogP contribution >= 0.6 is 23.2 Å².